The number of rotatable bonds is 6. The molecule has 1 N–H and O–H groups in total. The normalized spacial score (nSPS) is 13.9. The Balaban J connectivity index is 1.32. The van der Waals surface area contributed by atoms with Crippen molar-refractivity contribution in [1.29, 1.82) is 0 Å². The van der Waals surface area contributed by atoms with Crippen LogP contribution in [0.5, 0.6) is 5.75 Å². The van der Waals surface area contributed by atoms with E-state index < -0.39 is 0 Å². The number of ether oxygens (including phenoxy) is 1. The van der Waals surface area contributed by atoms with Crippen LogP contribution in [-0.2, 0) is 5.75 Å². The SMILES string of the molecule is COc1ccc(-c2nc(SCc3cc(=O)n4nc(C5CC5)sc4n3)n[nH]2)cc1. The summed E-state index contributed by atoms with van der Waals surface area (Å²) in [6, 6.07) is 9.13. The van der Waals surface area contributed by atoms with Crippen LogP contribution >= 0.6 is 23.1 Å². The molecule has 1 fully saturated rings. The predicted molar refractivity (Wildman–Crippen MR) is 107 cm³/mol. The molecule has 0 bridgehead atoms. The molecule has 1 aromatic carbocycles. The molecule has 5 rings (SSSR count). The first-order chi connectivity index (χ1) is 13.7. The van der Waals surface area contributed by atoms with Gasteiger partial charge in [-0.25, -0.2) is 9.97 Å². The fourth-order valence-electron chi connectivity index (χ4n) is 2.77. The lowest BCUT2D eigenvalue weighted by molar-refractivity contribution is 0.415. The highest BCUT2D eigenvalue weighted by Gasteiger charge is 2.28. The monoisotopic (exact) mass is 412 g/mol. The molecule has 0 aliphatic heterocycles. The minimum absolute atomic E-state index is 0.141. The van der Waals surface area contributed by atoms with Crippen molar-refractivity contribution in [3.63, 3.8) is 0 Å². The number of hydrogen-bond donors (Lipinski definition) is 1. The molecule has 0 amide bonds. The summed E-state index contributed by atoms with van der Waals surface area (Å²) in [4.78, 5) is 22.1. The van der Waals surface area contributed by atoms with Gasteiger partial charge in [-0.05, 0) is 37.1 Å². The molecule has 0 atom stereocenters. The standard InChI is InChI=1S/C18H16N6O2S2/c1-26-13-6-4-10(5-7-13)15-20-17(22-21-15)27-9-12-8-14(25)24-18(19-12)28-16(23-24)11-2-3-11/h4-8,11H,2-3,9H2,1H3,(H,20,21,22). The third kappa shape index (κ3) is 3.40. The van der Waals surface area contributed by atoms with Gasteiger partial charge in [0.2, 0.25) is 10.1 Å². The van der Waals surface area contributed by atoms with E-state index in [0.717, 1.165) is 29.2 Å². The Kier molecular flexibility index (Phi) is 4.36. The first kappa shape index (κ1) is 17.4. The third-order valence-corrected chi connectivity index (χ3v) is 6.37. The molecule has 0 unspecified atom stereocenters. The largest absolute Gasteiger partial charge is 0.497 e. The molecule has 0 saturated heterocycles. The number of thioether (sulfide) groups is 1. The zero-order valence-corrected chi connectivity index (χ0v) is 16.6. The first-order valence-corrected chi connectivity index (χ1v) is 10.6. The fraction of sp³-hybridized carbons (Fsp3) is 0.278. The molecule has 1 saturated carbocycles. The highest BCUT2D eigenvalue weighted by Crippen LogP contribution is 2.41. The van der Waals surface area contributed by atoms with Crippen molar-refractivity contribution in [1.82, 2.24) is 29.8 Å². The van der Waals surface area contributed by atoms with Crippen molar-refractivity contribution in [3.8, 4) is 17.1 Å². The minimum Gasteiger partial charge on any atom is -0.497 e. The topological polar surface area (TPSA) is 98.1 Å². The van der Waals surface area contributed by atoms with Gasteiger partial charge in [-0.2, -0.15) is 9.61 Å². The average Bonchev–Trinajstić information content (AvgIpc) is 3.30. The van der Waals surface area contributed by atoms with Crippen LogP contribution in [0.1, 0.15) is 29.5 Å². The van der Waals surface area contributed by atoms with Gasteiger partial charge in [0.15, 0.2) is 5.82 Å². The van der Waals surface area contributed by atoms with E-state index in [0.29, 0.717) is 33.3 Å². The van der Waals surface area contributed by atoms with E-state index in [1.807, 2.05) is 24.3 Å². The number of nitrogens with one attached hydrogen (secondary N) is 1. The van der Waals surface area contributed by atoms with Gasteiger partial charge in [-0.3, -0.25) is 9.89 Å². The van der Waals surface area contributed by atoms with Gasteiger partial charge < -0.3 is 4.74 Å². The van der Waals surface area contributed by atoms with Gasteiger partial charge in [0, 0.05) is 23.3 Å². The summed E-state index contributed by atoms with van der Waals surface area (Å²) in [6.45, 7) is 0. The maximum Gasteiger partial charge on any atom is 0.275 e. The Bertz CT molecular complexity index is 1190. The maximum absolute atomic E-state index is 12.3. The number of benzene rings is 1. The van der Waals surface area contributed by atoms with Gasteiger partial charge in [0.1, 0.15) is 10.8 Å². The van der Waals surface area contributed by atoms with E-state index in [9.17, 15) is 4.79 Å². The summed E-state index contributed by atoms with van der Waals surface area (Å²) < 4.78 is 6.57. The number of hydrogen-bond acceptors (Lipinski definition) is 8. The molecule has 1 aliphatic rings. The number of methoxy groups -OCH3 is 1. The fourth-order valence-corrected chi connectivity index (χ4v) is 4.55. The van der Waals surface area contributed by atoms with Crippen LogP contribution in [0.25, 0.3) is 16.3 Å². The second-order valence-electron chi connectivity index (χ2n) is 6.48. The lowest BCUT2D eigenvalue weighted by Crippen LogP contribution is -2.15. The van der Waals surface area contributed by atoms with Gasteiger partial charge in [0.25, 0.3) is 5.56 Å². The molecular weight excluding hydrogens is 396 g/mol. The second-order valence-corrected chi connectivity index (χ2v) is 8.41. The molecule has 10 heteroatoms. The third-order valence-electron chi connectivity index (χ3n) is 4.42. The number of H-pyrrole nitrogens is 1. The molecule has 142 valence electrons. The molecule has 0 spiro atoms. The Labute approximate surface area is 168 Å². The Morgan fingerprint density at radius 2 is 2.11 bits per heavy atom. The van der Waals surface area contributed by atoms with Crippen LogP contribution in [-0.4, -0.2) is 36.9 Å². The summed E-state index contributed by atoms with van der Waals surface area (Å²) in [5.74, 6) is 2.50. The predicted octanol–water partition coefficient (Wildman–Crippen LogP) is 3.11. The molecule has 8 nitrogen and oxygen atoms in total. The van der Waals surface area contributed by atoms with Crippen LogP contribution in [0, 0.1) is 0 Å². The number of fused-ring (bicyclic) bond motifs is 1. The maximum atomic E-state index is 12.3. The summed E-state index contributed by atoms with van der Waals surface area (Å²) in [6.07, 6.45) is 2.30. The van der Waals surface area contributed by atoms with E-state index in [2.05, 4.69) is 25.3 Å². The van der Waals surface area contributed by atoms with E-state index >= 15 is 0 Å². The molecule has 28 heavy (non-hydrogen) atoms. The van der Waals surface area contributed by atoms with E-state index in [1.165, 1.54) is 33.7 Å². The van der Waals surface area contributed by atoms with Gasteiger partial charge >= 0.3 is 0 Å². The van der Waals surface area contributed by atoms with Crippen LogP contribution in [0.4, 0.5) is 0 Å². The molecule has 4 aromatic rings. The highest BCUT2D eigenvalue weighted by atomic mass is 32.2. The zero-order chi connectivity index (χ0) is 19.1. The lowest BCUT2D eigenvalue weighted by atomic mass is 10.2. The van der Waals surface area contributed by atoms with Crippen molar-refractivity contribution in [2.75, 3.05) is 7.11 Å². The lowest BCUT2D eigenvalue weighted by Gasteiger charge is -2.00. The second kappa shape index (κ2) is 7.02. The van der Waals surface area contributed by atoms with Crippen molar-refractivity contribution in [2.45, 2.75) is 29.7 Å². The Morgan fingerprint density at radius 1 is 1.29 bits per heavy atom. The number of aromatic nitrogens is 6. The molecule has 3 heterocycles. The summed E-state index contributed by atoms with van der Waals surface area (Å²) in [7, 11) is 1.63. The molecular formula is C18H16N6O2S2. The molecule has 1 aliphatic carbocycles. The van der Waals surface area contributed by atoms with E-state index in [4.69, 9.17) is 4.74 Å². The van der Waals surface area contributed by atoms with Crippen molar-refractivity contribution >= 4 is 28.1 Å². The van der Waals surface area contributed by atoms with Crippen LogP contribution in [0.3, 0.4) is 0 Å². The number of aromatic amines is 1. The van der Waals surface area contributed by atoms with E-state index in [-0.39, 0.29) is 5.56 Å². The van der Waals surface area contributed by atoms with Crippen LogP contribution in [0.15, 0.2) is 40.3 Å². The van der Waals surface area contributed by atoms with Crippen molar-refractivity contribution < 1.29 is 4.74 Å². The van der Waals surface area contributed by atoms with Gasteiger partial charge in [0.05, 0.1) is 12.8 Å². The van der Waals surface area contributed by atoms with Crippen molar-refractivity contribution in [3.05, 3.63) is 51.4 Å². The smallest absolute Gasteiger partial charge is 0.275 e. The average molecular weight is 413 g/mol. The highest BCUT2D eigenvalue weighted by molar-refractivity contribution is 7.98. The molecule has 3 aromatic heterocycles. The van der Waals surface area contributed by atoms with Crippen LogP contribution in [0.2, 0.25) is 0 Å². The Morgan fingerprint density at radius 3 is 2.86 bits per heavy atom. The van der Waals surface area contributed by atoms with Crippen LogP contribution < -0.4 is 10.3 Å². The minimum atomic E-state index is -0.141. The Hall–Kier alpha value is -2.72. The van der Waals surface area contributed by atoms with Crippen molar-refractivity contribution in [2.24, 2.45) is 0 Å². The number of nitrogens with zero attached hydrogens (tertiary/aromatic N) is 5. The van der Waals surface area contributed by atoms with Gasteiger partial charge in [-0.15, -0.1) is 5.10 Å². The first-order valence-electron chi connectivity index (χ1n) is 8.79. The summed E-state index contributed by atoms with van der Waals surface area (Å²) in [5.41, 5.74) is 1.49. The van der Waals surface area contributed by atoms with Gasteiger partial charge in [-0.1, -0.05) is 23.1 Å². The summed E-state index contributed by atoms with van der Waals surface area (Å²) >= 11 is 2.94. The quantitative estimate of drug-likeness (QED) is 0.486. The zero-order valence-electron chi connectivity index (χ0n) is 15.0. The molecule has 0 radical (unpaired) electrons. The summed E-state index contributed by atoms with van der Waals surface area (Å²) in [5, 5.41) is 13.2. The van der Waals surface area contributed by atoms with E-state index in [1.54, 1.807) is 7.11 Å².